The molecule has 0 aliphatic heterocycles. The van der Waals surface area contributed by atoms with E-state index < -0.39 is 6.04 Å². The Hall–Kier alpha value is -1.00. The van der Waals surface area contributed by atoms with E-state index in [-0.39, 0.29) is 5.91 Å². The third kappa shape index (κ3) is 5.66. The van der Waals surface area contributed by atoms with E-state index in [0.29, 0.717) is 12.5 Å². The Morgan fingerprint density at radius 1 is 1.37 bits per heavy atom. The quantitative estimate of drug-likeness (QED) is 0.806. The second kappa shape index (κ2) is 8.23. The van der Waals surface area contributed by atoms with Gasteiger partial charge in [0, 0.05) is 6.54 Å². The molecule has 106 valence electrons. The molecule has 0 saturated carbocycles. The van der Waals surface area contributed by atoms with Gasteiger partial charge in [-0.15, -0.1) is 0 Å². The highest BCUT2D eigenvalue weighted by Crippen LogP contribution is 2.14. The normalized spacial score (nSPS) is 13.9. The van der Waals surface area contributed by atoms with Gasteiger partial charge in [-0.3, -0.25) is 4.79 Å². The van der Waals surface area contributed by atoms with Gasteiger partial charge in [0.25, 0.3) is 0 Å². The lowest BCUT2D eigenvalue weighted by Gasteiger charge is -2.16. The van der Waals surface area contributed by atoms with Crippen LogP contribution in [0.15, 0.2) is 24.3 Å². The molecular formula is C15H24N2OS. The van der Waals surface area contributed by atoms with Crippen molar-refractivity contribution in [2.45, 2.75) is 32.2 Å². The van der Waals surface area contributed by atoms with Crippen LogP contribution < -0.4 is 11.1 Å². The van der Waals surface area contributed by atoms with Crippen molar-refractivity contribution in [3.8, 4) is 0 Å². The standard InChI is InChI=1S/C15H24N2OS/c1-11-4-6-13(7-5-11)12(2)10-17-15(18)14(16)8-9-19-3/h4-7,12,14H,8-10,16H2,1-3H3,(H,17,18)/t12?,14-/m0/s1. The number of hydrogen-bond acceptors (Lipinski definition) is 3. The van der Waals surface area contributed by atoms with Gasteiger partial charge in [-0.2, -0.15) is 11.8 Å². The number of amides is 1. The number of aryl methyl sites for hydroxylation is 1. The summed E-state index contributed by atoms with van der Waals surface area (Å²) in [6, 6.07) is 8.02. The highest BCUT2D eigenvalue weighted by molar-refractivity contribution is 7.98. The first kappa shape index (κ1) is 16.1. The minimum atomic E-state index is -0.391. The molecule has 2 atom stereocenters. The zero-order chi connectivity index (χ0) is 14.3. The summed E-state index contributed by atoms with van der Waals surface area (Å²) in [4.78, 5) is 11.8. The Balaban J connectivity index is 2.39. The van der Waals surface area contributed by atoms with Crippen molar-refractivity contribution in [2.24, 2.45) is 5.73 Å². The fourth-order valence-corrected chi connectivity index (χ4v) is 2.26. The van der Waals surface area contributed by atoms with Gasteiger partial charge in [0.2, 0.25) is 5.91 Å². The van der Waals surface area contributed by atoms with Crippen molar-refractivity contribution in [1.29, 1.82) is 0 Å². The van der Waals surface area contributed by atoms with Crippen molar-refractivity contribution in [2.75, 3.05) is 18.6 Å². The lowest BCUT2D eigenvalue weighted by atomic mass is 10.00. The predicted octanol–water partition coefficient (Wildman–Crippen LogP) is 2.30. The summed E-state index contributed by atoms with van der Waals surface area (Å²) in [6.07, 6.45) is 2.75. The molecule has 3 N–H and O–H groups in total. The second-order valence-corrected chi connectivity index (χ2v) is 5.93. The maximum absolute atomic E-state index is 11.8. The van der Waals surface area contributed by atoms with Crippen molar-refractivity contribution in [3.05, 3.63) is 35.4 Å². The fourth-order valence-electron chi connectivity index (χ4n) is 1.77. The lowest BCUT2D eigenvalue weighted by Crippen LogP contribution is -2.42. The summed E-state index contributed by atoms with van der Waals surface area (Å²) < 4.78 is 0. The summed E-state index contributed by atoms with van der Waals surface area (Å²) >= 11 is 1.71. The van der Waals surface area contributed by atoms with Gasteiger partial charge in [0.15, 0.2) is 0 Å². The molecule has 0 radical (unpaired) electrons. The van der Waals surface area contributed by atoms with E-state index in [1.807, 2.05) is 6.26 Å². The molecule has 0 bridgehead atoms. The Bertz CT molecular complexity index is 392. The van der Waals surface area contributed by atoms with E-state index in [2.05, 4.69) is 43.4 Å². The Morgan fingerprint density at radius 2 is 2.00 bits per heavy atom. The van der Waals surface area contributed by atoms with Gasteiger partial charge < -0.3 is 11.1 Å². The highest BCUT2D eigenvalue weighted by atomic mass is 32.2. The SMILES string of the molecule is CSCC[C@H](N)C(=O)NCC(C)c1ccc(C)cc1. The minimum absolute atomic E-state index is 0.0481. The monoisotopic (exact) mass is 280 g/mol. The maximum Gasteiger partial charge on any atom is 0.236 e. The van der Waals surface area contributed by atoms with Crippen LogP contribution in [0.4, 0.5) is 0 Å². The first-order chi connectivity index (χ1) is 9.04. The van der Waals surface area contributed by atoms with Crippen molar-refractivity contribution in [1.82, 2.24) is 5.32 Å². The molecule has 1 aromatic rings. The van der Waals surface area contributed by atoms with Gasteiger partial charge in [0.05, 0.1) is 6.04 Å². The molecule has 3 nitrogen and oxygen atoms in total. The van der Waals surface area contributed by atoms with E-state index in [0.717, 1.165) is 12.2 Å². The summed E-state index contributed by atoms with van der Waals surface area (Å²) in [7, 11) is 0. The number of benzene rings is 1. The first-order valence-electron chi connectivity index (χ1n) is 6.63. The summed E-state index contributed by atoms with van der Waals surface area (Å²) in [5, 5.41) is 2.93. The van der Waals surface area contributed by atoms with E-state index in [4.69, 9.17) is 5.73 Å². The van der Waals surface area contributed by atoms with Gasteiger partial charge in [-0.1, -0.05) is 36.8 Å². The molecule has 1 rings (SSSR count). The Morgan fingerprint density at radius 3 is 2.58 bits per heavy atom. The van der Waals surface area contributed by atoms with Gasteiger partial charge >= 0.3 is 0 Å². The van der Waals surface area contributed by atoms with E-state index in [9.17, 15) is 4.79 Å². The first-order valence-corrected chi connectivity index (χ1v) is 8.02. The minimum Gasteiger partial charge on any atom is -0.354 e. The van der Waals surface area contributed by atoms with Gasteiger partial charge in [-0.05, 0) is 36.8 Å². The molecule has 1 aromatic carbocycles. The third-order valence-electron chi connectivity index (χ3n) is 3.20. The highest BCUT2D eigenvalue weighted by Gasteiger charge is 2.14. The van der Waals surface area contributed by atoms with Crippen LogP contribution in [-0.2, 0) is 4.79 Å². The molecule has 1 unspecified atom stereocenters. The summed E-state index contributed by atoms with van der Waals surface area (Å²) in [5.41, 5.74) is 8.31. The average Bonchev–Trinajstić information content (AvgIpc) is 2.42. The molecule has 0 saturated heterocycles. The van der Waals surface area contributed by atoms with Crippen molar-refractivity contribution in [3.63, 3.8) is 0 Å². The number of hydrogen-bond donors (Lipinski definition) is 2. The molecule has 0 aliphatic carbocycles. The molecule has 1 amide bonds. The number of carbonyl (C=O) groups is 1. The number of nitrogens with two attached hydrogens (primary N) is 1. The summed E-state index contributed by atoms with van der Waals surface area (Å²) in [5.74, 6) is 1.17. The maximum atomic E-state index is 11.8. The second-order valence-electron chi connectivity index (χ2n) is 4.94. The molecular weight excluding hydrogens is 256 g/mol. The van der Waals surface area contributed by atoms with Crippen LogP contribution in [0, 0.1) is 6.92 Å². The van der Waals surface area contributed by atoms with E-state index in [1.54, 1.807) is 11.8 Å². The Labute approximate surface area is 120 Å². The number of rotatable bonds is 7. The van der Waals surface area contributed by atoms with Crippen LogP contribution in [0.25, 0.3) is 0 Å². The third-order valence-corrected chi connectivity index (χ3v) is 3.84. The lowest BCUT2D eigenvalue weighted by molar-refractivity contribution is -0.122. The largest absolute Gasteiger partial charge is 0.354 e. The van der Waals surface area contributed by atoms with Crippen LogP contribution in [0.5, 0.6) is 0 Å². The van der Waals surface area contributed by atoms with E-state index >= 15 is 0 Å². The van der Waals surface area contributed by atoms with Crippen LogP contribution in [0.1, 0.15) is 30.4 Å². The summed E-state index contributed by atoms with van der Waals surface area (Å²) in [6.45, 7) is 4.81. The zero-order valence-corrected chi connectivity index (χ0v) is 12.8. The molecule has 4 heteroatoms. The topological polar surface area (TPSA) is 55.1 Å². The van der Waals surface area contributed by atoms with Crippen LogP contribution in [-0.4, -0.2) is 30.5 Å². The average molecular weight is 280 g/mol. The van der Waals surface area contributed by atoms with E-state index in [1.165, 1.54) is 11.1 Å². The van der Waals surface area contributed by atoms with Crippen molar-refractivity contribution < 1.29 is 4.79 Å². The van der Waals surface area contributed by atoms with Gasteiger partial charge in [0.1, 0.15) is 0 Å². The van der Waals surface area contributed by atoms with Crippen LogP contribution in [0.3, 0.4) is 0 Å². The molecule has 0 fully saturated rings. The number of carbonyl (C=O) groups excluding carboxylic acids is 1. The molecule has 0 heterocycles. The Kier molecular flexibility index (Phi) is 6.95. The van der Waals surface area contributed by atoms with Crippen LogP contribution >= 0.6 is 11.8 Å². The molecule has 0 spiro atoms. The number of nitrogens with one attached hydrogen (secondary N) is 1. The fraction of sp³-hybridized carbons (Fsp3) is 0.533. The molecule has 0 aliphatic rings. The predicted molar refractivity (Wildman–Crippen MR) is 83.6 cm³/mol. The number of thioether (sulfide) groups is 1. The molecule has 19 heavy (non-hydrogen) atoms. The van der Waals surface area contributed by atoms with Gasteiger partial charge in [-0.25, -0.2) is 0 Å². The van der Waals surface area contributed by atoms with Crippen LogP contribution in [0.2, 0.25) is 0 Å². The van der Waals surface area contributed by atoms with Crippen molar-refractivity contribution >= 4 is 17.7 Å². The molecule has 0 aromatic heterocycles. The smallest absolute Gasteiger partial charge is 0.236 e. The zero-order valence-electron chi connectivity index (χ0n) is 12.0.